The highest BCUT2D eigenvalue weighted by atomic mass is 35.5. The van der Waals surface area contributed by atoms with Crippen molar-refractivity contribution in [1.82, 2.24) is 15.3 Å². The van der Waals surface area contributed by atoms with Crippen molar-refractivity contribution in [2.24, 2.45) is 0 Å². The van der Waals surface area contributed by atoms with Crippen molar-refractivity contribution in [2.45, 2.75) is 57.3 Å². The van der Waals surface area contributed by atoms with E-state index in [0.717, 1.165) is 19.3 Å². The third-order valence-corrected chi connectivity index (χ3v) is 5.38. The van der Waals surface area contributed by atoms with E-state index in [2.05, 4.69) is 15.3 Å². The third kappa shape index (κ3) is 3.69. The number of rotatable bonds is 5. The highest BCUT2D eigenvalue weighted by Crippen LogP contribution is 2.48. The van der Waals surface area contributed by atoms with E-state index in [9.17, 15) is 9.18 Å². The van der Waals surface area contributed by atoms with Gasteiger partial charge in [0.1, 0.15) is 17.9 Å². The summed E-state index contributed by atoms with van der Waals surface area (Å²) in [4.78, 5) is 20.6. The summed E-state index contributed by atoms with van der Waals surface area (Å²) < 4.78 is 26.4. The van der Waals surface area contributed by atoms with Gasteiger partial charge in [-0.3, -0.25) is 4.79 Å². The molecule has 3 heterocycles. The van der Waals surface area contributed by atoms with Gasteiger partial charge in [-0.1, -0.05) is 11.6 Å². The summed E-state index contributed by atoms with van der Waals surface area (Å²) in [6.07, 6.45) is 5.58. The Bertz CT molecular complexity index is 908. The number of hydrogen-bond donors (Lipinski definition) is 1. The van der Waals surface area contributed by atoms with Crippen molar-refractivity contribution in [3.05, 3.63) is 46.8 Å². The van der Waals surface area contributed by atoms with Crippen LogP contribution in [0.5, 0.6) is 11.5 Å². The molecular formula is C20H21ClFN3O3. The largest absolute Gasteiger partial charge is 0.451 e. The minimum atomic E-state index is -0.491. The number of carbonyl (C=O) groups is 1. The van der Waals surface area contributed by atoms with E-state index in [1.165, 1.54) is 24.7 Å². The molecule has 8 heteroatoms. The van der Waals surface area contributed by atoms with Gasteiger partial charge in [-0.25, -0.2) is 14.4 Å². The van der Waals surface area contributed by atoms with Gasteiger partial charge >= 0.3 is 0 Å². The van der Waals surface area contributed by atoms with Gasteiger partial charge in [-0.05, 0) is 45.2 Å². The average molecular weight is 406 g/mol. The standard InChI is InChI=1S/C20H21ClFN3O3/c1-10(2)25-20(26)15-6-11(22)5-14(13-7-12-3-4-16(13)27-12)18(15)28-17-8-23-9-24-19(17)21/h5-6,8-10,12-13,16H,3-4,7H2,1-2H3,(H,25,26)/t12-,13+,16+/m0/s1. The number of fused-ring (bicyclic) bond motifs is 2. The molecule has 2 aromatic rings. The van der Waals surface area contributed by atoms with Crippen LogP contribution in [0.4, 0.5) is 4.39 Å². The van der Waals surface area contributed by atoms with Crippen LogP contribution in [0.15, 0.2) is 24.7 Å². The summed E-state index contributed by atoms with van der Waals surface area (Å²) >= 11 is 6.12. The van der Waals surface area contributed by atoms with Crippen LogP contribution in [0.1, 0.15) is 54.9 Å². The predicted octanol–water partition coefficient (Wildman–Crippen LogP) is 4.23. The average Bonchev–Trinajstić information content (AvgIpc) is 3.27. The van der Waals surface area contributed by atoms with E-state index in [1.807, 2.05) is 13.8 Å². The number of carbonyl (C=O) groups excluding carboxylic acids is 1. The number of benzene rings is 1. The Morgan fingerprint density at radius 3 is 2.86 bits per heavy atom. The van der Waals surface area contributed by atoms with Gasteiger partial charge in [0.05, 0.1) is 24.0 Å². The van der Waals surface area contributed by atoms with Crippen LogP contribution in [-0.2, 0) is 4.74 Å². The first-order valence-electron chi connectivity index (χ1n) is 9.35. The van der Waals surface area contributed by atoms with Crippen LogP contribution in [-0.4, -0.2) is 34.1 Å². The molecule has 0 unspecified atom stereocenters. The lowest BCUT2D eigenvalue weighted by atomic mass is 9.82. The summed E-state index contributed by atoms with van der Waals surface area (Å²) in [5, 5.41) is 2.91. The van der Waals surface area contributed by atoms with E-state index < -0.39 is 11.7 Å². The topological polar surface area (TPSA) is 73.3 Å². The Kier molecular flexibility index (Phi) is 5.21. The van der Waals surface area contributed by atoms with Gasteiger partial charge in [-0.15, -0.1) is 0 Å². The van der Waals surface area contributed by atoms with E-state index >= 15 is 0 Å². The van der Waals surface area contributed by atoms with Crippen molar-refractivity contribution in [3.63, 3.8) is 0 Å². The molecule has 2 aliphatic heterocycles. The summed E-state index contributed by atoms with van der Waals surface area (Å²) in [5.41, 5.74) is 0.729. The van der Waals surface area contributed by atoms with Gasteiger partial charge in [0.2, 0.25) is 0 Å². The minimum Gasteiger partial charge on any atom is -0.451 e. The molecule has 0 spiro atoms. The smallest absolute Gasteiger partial charge is 0.255 e. The fourth-order valence-corrected chi connectivity index (χ4v) is 4.09. The second-order valence-corrected chi connectivity index (χ2v) is 7.85. The van der Waals surface area contributed by atoms with E-state index in [-0.39, 0.29) is 46.4 Å². The molecule has 1 amide bonds. The molecule has 6 nitrogen and oxygen atoms in total. The maximum Gasteiger partial charge on any atom is 0.255 e. The Morgan fingerprint density at radius 1 is 1.39 bits per heavy atom. The van der Waals surface area contributed by atoms with E-state index in [1.54, 1.807) is 0 Å². The van der Waals surface area contributed by atoms with Gasteiger partial charge < -0.3 is 14.8 Å². The minimum absolute atomic E-state index is 0.00217. The summed E-state index contributed by atoms with van der Waals surface area (Å²) in [7, 11) is 0. The molecule has 2 fully saturated rings. The van der Waals surface area contributed by atoms with Crippen LogP contribution >= 0.6 is 11.6 Å². The first-order valence-corrected chi connectivity index (χ1v) is 9.73. The molecule has 1 N–H and O–H groups in total. The molecule has 0 saturated carbocycles. The predicted molar refractivity (Wildman–Crippen MR) is 101 cm³/mol. The molecule has 148 valence electrons. The molecule has 3 atom stereocenters. The fraction of sp³-hybridized carbons (Fsp3) is 0.450. The highest BCUT2D eigenvalue weighted by molar-refractivity contribution is 6.30. The number of amides is 1. The Balaban J connectivity index is 1.81. The second-order valence-electron chi connectivity index (χ2n) is 7.50. The Labute approximate surface area is 167 Å². The maximum atomic E-state index is 14.5. The summed E-state index contributed by atoms with van der Waals surface area (Å²) in [6, 6.07) is 2.50. The number of ether oxygens (including phenoxy) is 2. The molecule has 2 saturated heterocycles. The van der Waals surface area contributed by atoms with Gasteiger partial charge in [0.25, 0.3) is 5.91 Å². The van der Waals surface area contributed by atoms with Crippen LogP contribution in [0.2, 0.25) is 5.15 Å². The summed E-state index contributed by atoms with van der Waals surface area (Å²) in [6.45, 7) is 3.68. The Hall–Kier alpha value is -2.25. The van der Waals surface area contributed by atoms with Crippen molar-refractivity contribution in [3.8, 4) is 11.5 Å². The lowest BCUT2D eigenvalue weighted by Gasteiger charge is -2.24. The summed E-state index contributed by atoms with van der Waals surface area (Å²) in [5.74, 6) is -0.465. The lowest BCUT2D eigenvalue weighted by Crippen LogP contribution is -2.31. The molecular weight excluding hydrogens is 385 g/mol. The van der Waals surface area contributed by atoms with Gasteiger partial charge in [0.15, 0.2) is 10.9 Å². The molecule has 2 aliphatic rings. The Morgan fingerprint density at radius 2 is 2.21 bits per heavy atom. The van der Waals surface area contributed by atoms with Crippen LogP contribution in [0.25, 0.3) is 0 Å². The van der Waals surface area contributed by atoms with Gasteiger partial charge in [-0.2, -0.15) is 0 Å². The zero-order valence-corrected chi connectivity index (χ0v) is 16.4. The fourth-order valence-electron chi connectivity index (χ4n) is 3.96. The molecule has 1 aromatic heterocycles. The molecule has 2 bridgehead atoms. The molecule has 28 heavy (non-hydrogen) atoms. The zero-order valence-electron chi connectivity index (χ0n) is 15.6. The molecule has 1 aromatic carbocycles. The molecule has 0 radical (unpaired) electrons. The second kappa shape index (κ2) is 7.64. The number of hydrogen-bond acceptors (Lipinski definition) is 5. The zero-order chi connectivity index (χ0) is 19.8. The van der Waals surface area contributed by atoms with Crippen molar-refractivity contribution >= 4 is 17.5 Å². The van der Waals surface area contributed by atoms with Crippen molar-refractivity contribution in [2.75, 3.05) is 0 Å². The third-order valence-electron chi connectivity index (χ3n) is 5.10. The van der Waals surface area contributed by atoms with Gasteiger partial charge in [0, 0.05) is 17.5 Å². The van der Waals surface area contributed by atoms with Crippen LogP contribution < -0.4 is 10.1 Å². The number of halogens is 2. The first-order chi connectivity index (χ1) is 13.4. The van der Waals surface area contributed by atoms with Crippen molar-refractivity contribution in [1.29, 1.82) is 0 Å². The number of nitrogens with zero attached hydrogens (tertiary/aromatic N) is 2. The van der Waals surface area contributed by atoms with E-state index in [4.69, 9.17) is 21.1 Å². The highest BCUT2D eigenvalue weighted by Gasteiger charge is 2.43. The first kappa shape index (κ1) is 19.1. The number of nitrogens with one attached hydrogen (secondary N) is 1. The SMILES string of the molecule is CC(C)NC(=O)c1cc(F)cc([C@H]2C[C@@H]3CC[C@H]2O3)c1Oc1cncnc1Cl. The maximum absolute atomic E-state index is 14.5. The monoisotopic (exact) mass is 405 g/mol. The molecule has 4 rings (SSSR count). The molecule has 0 aliphatic carbocycles. The van der Waals surface area contributed by atoms with E-state index in [0.29, 0.717) is 5.56 Å². The normalized spacial score (nSPS) is 23.2. The van der Waals surface area contributed by atoms with Crippen LogP contribution in [0.3, 0.4) is 0 Å². The quantitative estimate of drug-likeness (QED) is 0.753. The van der Waals surface area contributed by atoms with Crippen LogP contribution in [0, 0.1) is 5.82 Å². The number of aromatic nitrogens is 2. The van der Waals surface area contributed by atoms with Crippen molar-refractivity contribution < 1.29 is 18.7 Å². The lowest BCUT2D eigenvalue weighted by molar-refractivity contribution is 0.0937.